The van der Waals surface area contributed by atoms with Crippen LogP contribution in [0.25, 0.3) is 10.9 Å². The van der Waals surface area contributed by atoms with E-state index >= 15 is 0 Å². The number of fused-ring (bicyclic) bond motifs is 1. The molecule has 0 spiro atoms. The van der Waals surface area contributed by atoms with Crippen LogP contribution in [0.2, 0.25) is 0 Å². The zero-order valence-electron chi connectivity index (χ0n) is 11.5. The van der Waals surface area contributed by atoms with Crippen molar-refractivity contribution < 1.29 is 9.00 Å². The van der Waals surface area contributed by atoms with Crippen molar-refractivity contribution in [3.63, 3.8) is 0 Å². The molecule has 106 valence electrons. The molecule has 1 aromatic heterocycles. The first kappa shape index (κ1) is 13.3. The molecule has 0 unspecified atom stereocenters. The number of aromatic nitrogens is 2. The van der Waals surface area contributed by atoms with Gasteiger partial charge in [0.1, 0.15) is 0 Å². The van der Waals surface area contributed by atoms with Gasteiger partial charge in [0, 0.05) is 35.0 Å². The summed E-state index contributed by atoms with van der Waals surface area (Å²) >= 11 is 0. The summed E-state index contributed by atoms with van der Waals surface area (Å²) in [5, 5.41) is 7.86. The van der Waals surface area contributed by atoms with Crippen molar-refractivity contribution in [1.29, 1.82) is 0 Å². The highest BCUT2D eigenvalue weighted by molar-refractivity contribution is 7.86. The van der Waals surface area contributed by atoms with Crippen molar-refractivity contribution in [3.05, 3.63) is 30.0 Å². The standard InChI is InChI=1S/C14H17N3O2S/c1-14(2)9-17(7-8-20(14)19)13(18)12-10-5-3-4-6-11(10)15-16-12/h3-6H,7-9H2,1-2H3,(H,15,16)/t20-/m0/s1. The normalized spacial score (nSPS) is 22.1. The molecular formula is C14H17N3O2S. The number of nitrogens with zero attached hydrogens (tertiary/aromatic N) is 2. The molecule has 6 heteroatoms. The summed E-state index contributed by atoms with van der Waals surface area (Å²) in [4.78, 5) is 14.4. The number of carbonyl (C=O) groups is 1. The number of carbonyl (C=O) groups excluding carboxylic acids is 1. The highest BCUT2D eigenvalue weighted by atomic mass is 32.2. The van der Waals surface area contributed by atoms with Gasteiger partial charge in [-0.05, 0) is 19.9 Å². The maximum atomic E-state index is 12.6. The van der Waals surface area contributed by atoms with Crippen LogP contribution in [0.5, 0.6) is 0 Å². The molecule has 0 saturated carbocycles. The predicted molar refractivity (Wildman–Crippen MR) is 79.1 cm³/mol. The van der Waals surface area contributed by atoms with Gasteiger partial charge in [0.25, 0.3) is 5.91 Å². The average molecular weight is 291 g/mol. The molecule has 0 aliphatic carbocycles. The summed E-state index contributed by atoms with van der Waals surface area (Å²) in [5.41, 5.74) is 1.31. The largest absolute Gasteiger partial charge is 0.335 e. The first-order chi connectivity index (χ1) is 9.49. The van der Waals surface area contributed by atoms with Crippen LogP contribution < -0.4 is 0 Å². The Morgan fingerprint density at radius 1 is 1.40 bits per heavy atom. The van der Waals surface area contributed by atoms with E-state index < -0.39 is 10.8 Å². The average Bonchev–Trinajstić information content (AvgIpc) is 2.85. The molecule has 20 heavy (non-hydrogen) atoms. The summed E-state index contributed by atoms with van der Waals surface area (Å²) in [7, 11) is -0.884. The van der Waals surface area contributed by atoms with E-state index in [4.69, 9.17) is 0 Å². The van der Waals surface area contributed by atoms with Gasteiger partial charge in [-0.15, -0.1) is 0 Å². The van der Waals surface area contributed by atoms with Crippen molar-refractivity contribution in [2.45, 2.75) is 18.6 Å². The zero-order chi connectivity index (χ0) is 14.3. The van der Waals surface area contributed by atoms with E-state index in [9.17, 15) is 9.00 Å². The Morgan fingerprint density at radius 3 is 2.90 bits per heavy atom. The number of aromatic amines is 1. The van der Waals surface area contributed by atoms with Crippen LogP contribution in [0.1, 0.15) is 24.3 Å². The van der Waals surface area contributed by atoms with Crippen LogP contribution in [0.3, 0.4) is 0 Å². The minimum Gasteiger partial charge on any atom is -0.335 e. The first-order valence-corrected chi connectivity index (χ1v) is 7.92. The molecule has 2 aromatic rings. The summed E-state index contributed by atoms with van der Waals surface area (Å²) < 4.78 is 11.6. The van der Waals surface area contributed by atoms with Crippen LogP contribution in [0, 0.1) is 0 Å². The lowest BCUT2D eigenvalue weighted by Crippen LogP contribution is -2.52. The van der Waals surface area contributed by atoms with Gasteiger partial charge in [0.05, 0.1) is 10.3 Å². The molecule has 1 N–H and O–H groups in total. The molecular weight excluding hydrogens is 274 g/mol. The summed E-state index contributed by atoms with van der Waals surface area (Å²) in [5.74, 6) is 0.438. The molecule has 1 aromatic carbocycles. The fourth-order valence-corrected chi connectivity index (χ4v) is 3.77. The number of hydrogen-bond acceptors (Lipinski definition) is 3. The van der Waals surface area contributed by atoms with E-state index in [1.807, 2.05) is 38.1 Å². The van der Waals surface area contributed by atoms with E-state index in [1.54, 1.807) is 4.90 Å². The lowest BCUT2D eigenvalue weighted by Gasteiger charge is -2.36. The third kappa shape index (κ3) is 2.14. The van der Waals surface area contributed by atoms with Gasteiger partial charge in [-0.3, -0.25) is 14.1 Å². The molecule has 1 fully saturated rings. The fourth-order valence-electron chi connectivity index (χ4n) is 2.53. The third-order valence-electron chi connectivity index (χ3n) is 3.69. The minimum absolute atomic E-state index is 0.0905. The van der Waals surface area contributed by atoms with Gasteiger partial charge in [0.2, 0.25) is 0 Å². The van der Waals surface area contributed by atoms with Gasteiger partial charge < -0.3 is 4.90 Å². The number of nitrogens with one attached hydrogen (secondary N) is 1. The predicted octanol–water partition coefficient (Wildman–Crippen LogP) is 1.55. The van der Waals surface area contributed by atoms with Crippen LogP contribution >= 0.6 is 0 Å². The van der Waals surface area contributed by atoms with Crippen LogP contribution in [0.15, 0.2) is 24.3 Å². The number of amides is 1. The Hall–Kier alpha value is -1.69. The van der Waals surface area contributed by atoms with Crippen molar-refractivity contribution in [1.82, 2.24) is 15.1 Å². The number of hydrogen-bond donors (Lipinski definition) is 1. The van der Waals surface area contributed by atoms with Gasteiger partial charge in [-0.2, -0.15) is 5.10 Å². The third-order valence-corrected chi connectivity index (χ3v) is 5.61. The second-order valence-electron chi connectivity index (χ2n) is 5.65. The Labute approximate surface area is 119 Å². The molecule has 3 rings (SSSR count). The molecule has 1 aliphatic heterocycles. The SMILES string of the molecule is CC1(C)CN(C(=O)c2n[nH]c3ccccc23)CC[S@@]1=O. The summed E-state index contributed by atoms with van der Waals surface area (Å²) in [6, 6.07) is 7.58. The number of H-pyrrole nitrogens is 1. The second kappa shape index (κ2) is 4.70. The van der Waals surface area contributed by atoms with E-state index in [1.165, 1.54) is 0 Å². The molecule has 5 nitrogen and oxygen atoms in total. The molecule has 1 aliphatic rings. The molecule has 0 radical (unpaired) electrons. The van der Waals surface area contributed by atoms with Crippen LogP contribution in [-0.2, 0) is 10.8 Å². The fraction of sp³-hybridized carbons (Fsp3) is 0.429. The van der Waals surface area contributed by atoms with E-state index in [2.05, 4.69) is 10.2 Å². The van der Waals surface area contributed by atoms with Crippen LogP contribution in [-0.4, -0.2) is 48.8 Å². The van der Waals surface area contributed by atoms with E-state index in [0.717, 1.165) is 10.9 Å². The Balaban J connectivity index is 1.91. The number of rotatable bonds is 1. The Bertz CT molecular complexity index is 693. The van der Waals surface area contributed by atoms with Gasteiger partial charge in [-0.1, -0.05) is 18.2 Å². The molecule has 2 heterocycles. The highest BCUT2D eigenvalue weighted by Crippen LogP contribution is 2.23. The Kier molecular flexibility index (Phi) is 3.12. The monoisotopic (exact) mass is 291 g/mol. The maximum Gasteiger partial charge on any atom is 0.275 e. The summed E-state index contributed by atoms with van der Waals surface area (Å²) in [6.45, 7) is 4.89. The molecule has 0 bridgehead atoms. The van der Waals surface area contributed by atoms with Crippen molar-refractivity contribution in [2.75, 3.05) is 18.8 Å². The van der Waals surface area contributed by atoms with Crippen LogP contribution in [0.4, 0.5) is 0 Å². The molecule has 1 saturated heterocycles. The molecule has 1 amide bonds. The smallest absolute Gasteiger partial charge is 0.275 e. The zero-order valence-corrected chi connectivity index (χ0v) is 12.4. The maximum absolute atomic E-state index is 12.6. The van der Waals surface area contributed by atoms with Crippen molar-refractivity contribution >= 4 is 27.6 Å². The number of benzene rings is 1. The first-order valence-electron chi connectivity index (χ1n) is 6.60. The topological polar surface area (TPSA) is 66.1 Å². The van der Waals surface area contributed by atoms with Gasteiger partial charge in [0.15, 0.2) is 5.69 Å². The van der Waals surface area contributed by atoms with E-state index in [0.29, 0.717) is 24.5 Å². The van der Waals surface area contributed by atoms with E-state index in [-0.39, 0.29) is 10.7 Å². The quantitative estimate of drug-likeness (QED) is 0.867. The lowest BCUT2D eigenvalue weighted by molar-refractivity contribution is 0.0742. The number of para-hydroxylation sites is 1. The summed E-state index contributed by atoms with van der Waals surface area (Å²) in [6.07, 6.45) is 0. The van der Waals surface area contributed by atoms with Gasteiger partial charge >= 0.3 is 0 Å². The Morgan fingerprint density at radius 2 is 2.15 bits per heavy atom. The molecule has 1 atom stereocenters. The van der Waals surface area contributed by atoms with Crippen molar-refractivity contribution in [3.8, 4) is 0 Å². The van der Waals surface area contributed by atoms with Gasteiger partial charge in [-0.25, -0.2) is 0 Å². The lowest BCUT2D eigenvalue weighted by atomic mass is 10.1. The van der Waals surface area contributed by atoms with Crippen molar-refractivity contribution in [2.24, 2.45) is 0 Å². The second-order valence-corrected chi connectivity index (χ2v) is 7.86. The highest BCUT2D eigenvalue weighted by Gasteiger charge is 2.36. The minimum atomic E-state index is -0.884.